The van der Waals surface area contributed by atoms with Gasteiger partial charge >= 0.3 is 0 Å². The molecule has 1 aromatic carbocycles. The Morgan fingerprint density at radius 2 is 2.27 bits per heavy atom. The van der Waals surface area contributed by atoms with Gasteiger partial charge in [0, 0.05) is 5.69 Å². The number of benzene rings is 1. The molecule has 4 heteroatoms. The zero-order valence-electron chi connectivity index (χ0n) is 5.54. The quantitative estimate of drug-likeness (QED) is 0.613. The van der Waals surface area contributed by atoms with Gasteiger partial charge in [0.2, 0.25) is 0 Å². The van der Waals surface area contributed by atoms with Crippen molar-refractivity contribution in [3.8, 4) is 0 Å². The lowest BCUT2D eigenvalue weighted by Crippen LogP contribution is -1.83. The monoisotopic (exact) mass is 168 g/mol. The van der Waals surface area contributed by atoms with E-state index >= 15 is 0 Å². The Labute approximate surface area is 67.8 Å². The number of hydrogen-bond donors (Lipinski definition) is 1. The van der Waals surface area contributed by atoms with E-state index < -0.39 is 0 Å². The summed E-state index contributed by atoms with van der Waals surface area (Å²) in [5.74, 6) is 0. The van der Waals surface area contributed by atoms with E-state index in [1.165, 1.54) is 6.39 Å². The van der Waals surface area contributed by atoms with Crippen LogP contribution in [0.15, 0.2) is 22.9 Å². The summed E-state index contributed by atoms with van der Waals surface area (Å²) < 4.78 is 5.01. The largest absolute Gasteiger partial charge is 0.442 e. The van der Waals surface area contributed by atoms with Crippen LogP contribution in [0.3, 0.4) is 0 Å². The molecule has 0 aliphatic rings. The predicted molar refractivity (Wildman–Crippen MR) is 43.4 cm³/mol. The zero-order chi connectivity index (χ0) is 7.84. The second kappa shape index (κ2) is 2.13. The van der Waals surface area contributed by atoms with Gasteiger partial charge in [-0.1, -0.05) is 11.6 Å². The molecule has 0 spiro atoms. The van der Waals surface area contributed by atoms with Gasteiger partial charge in [-0.25, -0.2) is 4.98 Å². The van der Waals surface area contributed by atoms with E-state index in [4.69, 9.17) is 21.8 Å². The van der Waals surface area contributed by atoms with Crippen LogP contribution in [0.5, 0.6) is 0 Å². The van der Waals surface area contributed by atoms with Crippen molar-refractivity contribution >= 4 is 28.4 Å². The summed E-state index contributed by atoms with van der Waals surface area (Å²) in [5.41, 5.74) is 7.39. The fourth-order valence-electron chi connectivity index (χ4n) is 0.948. The lowest BCUT2D eigenvalue weighted by atomic mass is 10.3. The lowest BCUT2D eigenvalue weighted by Gasteiger charge is -1.93. The lowest BCUT2D eigenvalue weighted by molar-refractivity contribution is 0.602. The number of oxazole rings is 1. The van der Waals surface area contributed by atoms with E-state index in [0.717, 1.165) is 0 Å². The summed E-state index contributed by atoms with van der Waals surface area (Å²) in [5, 5.41) is 0.498. The molecule has 0 aliphatic carbocycles. The molecule has 11 heavy (non-hydrogen) atoms. The van der Waals surface area contributed by atoms with Crippen molar-refractivity contribution in [2.24, 2.45) is 0 Å². The van der Waals surface area contributed by atoms with Crippen LogP contribution in [-0.4, -0.2) is 4.98 Å². The van der Waals surface area contributed by atoms with Crippen molar-refractivity contribution in [2.75, 3.05) is 5.73 Å². The van der Waals surface area contributed by atoms with Gasteiger partial charge in [0.25, 0.3) is 0 Å². The highest BCUT2D eigenvalue weighted by Crippen LogP contribution is 2.25. The first kappa shape index (κ1) is 6.49. The fraction of sp³-hybridized carbons (Fsp3) is 0. The first-order chi connectivity index (χ1) is 5.27. The maximum atomic E-state index is 5.79. The van der Waals surface area contributed by atoms with Gasteiger partial charge in [-0.3, -0.25) is 0 Å². The van der Waals surface area contributed by atoms with Gasteiger partial charge < -0.3 is 10.2 Å². The molecule has 3 nitrogen and oxygen atoms in total. The molecule has 0 radical (unpaired) electrons. The molecular weight excluding hydrogens is 164 g/mol. The molecule has 0 unspecified atom stereocenters. The Hall–Kier alpha value is -1.22. The van der Waals surface area contributed by atoms with Gasteiger partial charge in [-0.05, 0) is 12.1 Å². The minimum atomic E-state index is 0.498. The topological polar surface area (TPSA) is 52.0 Å². The second-order valence-electron chi connectivity index (χ2n) is 2.20. The Bertz CT molecular complexity index is 396. The van der Waals surface area contributed by atoms with Gasteiger partial charge in [-0.15, -0.1) is 0 Å². The zero-order valence-corrected chi connectivity index (χ0v) is 6.30. The number of nitrogen functional groups attached to an aromatic ring is 1. The number of nitrogens with zero attached hydrogens (tertiary/aromatic N) is 1. The molecule has 0 amide bonds. The van der Waals surface area contributed by atoms with Crippen LogP contribution in [0.1, 0.15) is 0 Å². The van der Waals surface area contributed by atoms with Crippen molar-refractivity contribution in [3.63, 3.8) is 0 Å². The van der Waals surface area contributed by atoms with E-state index in [9.17, 15) is 0 Å². The van der Waals surface area contributed by atoms with Crippen LogP contribution in [0.2, 0.25) is 5.02 Å². The number of nitrogens with two attached hydrogens (primary N) is 1. The van der Waals surface area contributed by atoms with Crippen molar-refractivity contribution in [2.45, 2.75) is 0 Å². The molecule has 2 rings (SSSR count). The highest BCUT2D eigenvalue weighted by molar-refractivity contribution is 6.35. The molecule has 0 aliphatic heterocycles. The number of aromatic nitrogens is 1. The molecule has 0 atom stereocenters. The van der Waals surface area contributed by atoms with Crippen LogP contribution >= 0.6 is 11.6 Å². The SMILES string of the molecule is Nc1cc(Cl)c2ocnc2c1. The summed E-state index contributed by atoms with van der Waals surface area (Å²) in [6.45, 7) is 0. The minimum Gasteiger partial charge on any atom is -0.442 e. The van der Waals surface area contributed by atoms with Crippen LogP contribution < -0.4 is 5.73 Å². The third-order valence-electron chi connectivity index (χ3n) is 1.41. The molecule has 1 aromatic heterocycles. The van der Waals surface area contributed by atoms with Crippen LogP contribution in [0, 0.1) is 0 Å². The molecule has 2 aromatic rings. The molecule has 0 saturated carbocycles. The second-order valence-corrected chi connectivity index (χ2v) is 2.61. The maximum absolute atomic E-state index is 5.79. The standard InChI is InChI=1S/C7H5ClN2O/c8-5-1-4(9)2-6-7(5)11-3-10-6/h1-3H,9H2. The van der Waals surface area contributed by atoms with E-state index in [1.807, 2.05) is 0 Å². The van der Waals surface area contributed by atoms with Crippen molar-refractivity contribution < 1.29 is 4.42 Å². The van der Waals surface area contributed by atoms with Gasteiger partial charge in [0.1, 0.15) is 5.52 Å². The average molecular weight is 169 g/mol. The van der Waals surface area contributed by atoms with Crippen molar-refractivity contribution in [1.29, 1.82) is 0 Å². The van der Waals surface area contributed by atoms with Crippen LogP contribution in [-0.2, 0) is 0 Å². The summed E-state index contributed by atoms with van der Waals surface area (Å²) in [6, 6.07) is 3.35. The Morgan fingerprint density at radius 3 is 3.09 bits per heavy atom. The van der Waals surface area contributed by atoms with Gasteiger partial charge in [0.05, 0.1) is 5.02 Å². The van der Waals surface area contributed by atoms with E-state index in [2.05, 4.69) is 4.98 Å². The Morgan fingerprint density at radius 1 is 1.45 bits per heavy atom. The minimum absolute atomic E-state index is 0.498. The van der Waals surface area contributed by atoms with E-state index in [1.54, 1.807) is 12.1 Å². The fourth-order valence-corrected chi connectivity index (χ4v) is 1.22. The molecule has 0 bridgehead atoms. The predicted octanol–water partition coefficient (Wildman–Crippen LogP) is 2.06. The Kier molecular flexibility index (Phi) is 1.26. The summed E-state index contributed by atoms with van der Waals surface area (Å²) in [4.78, 5) is 3.91. The summed E-state index contributed by atoms with van der Waals surface area (Å²) in [6.07, 6.45) is 1.34. The number of halogens is 1. The molecular formula is C7H5ClN2O. The molecule has 0 saturated heterocycles. The van der Waals surface area contributed by atoms with Gasteiger partial charge in [-0.2, -0.15) is 0 Å². The van der Waals surface area contributed by atoms with Crippen LogP contribution in [0.25, 0.3) is 11.1 Å². The number of rotatable bonds is 0. The highest BCUT2D eigenvalue weighted by atomic mass is 35.5. The van der Waals surface area contributed by atoms with E-state index in [-0.39, 0.29) is 0 Å². The Balaban J connectivity index is 2.91. The van der Waals surface area contributed by atoms with Crippen LogP contribution in [0.4, 0.5) is 5.69 Å². The van der Waals surface area contributed by atoms with Crippen molar-refractivity contribution in [1.82, 2.24) is 4.98 Å². The smallest absolute Gasteiger partial charge is 0.182 e. The third-order valence-corrected chi connectivity index (χ3v) is 1.69. The summed E-state index contributed by atoms with van der Waals surface area (Å²) in [7, 11) is 0. The summed E-state index contributed by atoms with van der Waals surface area (Å²) >= 11 is 5.79. The van der Waals surface area contributed by atoms with Gasteiger partial charge in [0.15, 0.2) is 12.0 Å². The molecule has 1 heterocycles. The van der Waals surface area contributed by atoms with E-state index in [0.29, 0.717) is 21.8 Å². The molecule has 56 valence electrons. The first-order valence-electron chi connectivity index (χ1n) is 3.05. The molecule has 2 N–H and O–H groups in total. The number of hydrogen-bond acceptors (Lipinski definition) is 3. The first-order valence-corrected chi connectivity index (χ1v) is 3.43. The number of fused-ring (bicyclic) bond motifs is 1. The van der Waals surface area contributed by atoms with Crippen molar-refractivity contribution in [3.05, 3.63) is 23.5 Å². The highest BCUT2D eigenvalue weighted by Gasteiger charge is 2.03. The average Bonchev–Trinajstić information content (AvgIpc) is 2.34. The third kappa shape index (κ3) is 0.935. The molecule has 0 fully saturated rings. The number of anilines is 1. The maximum Gasteiger partial charge on any atom is 0.182 e. The normalized spacial score (nSPS) is 10.6.